The minimum atomic E-state index is -4.00. The molecule has 1 heterocycles. The lowest BCUT2D eigenvalue weighted by Gasteiger charge is -2.13. The van der Waals surface area contributed by atoms with Crippen molar-refractivity contribution in [3.63, 3.8) is 0 Å². The molecule has 1 rings (SSSR count). The molecule has 0 amide bonds. The van der Waals surface area contributed by atoms with Crippen LogP contribution in [0.3, 0.4) is 0 Å². The first kappa shape index (κ1) is 17.9. The van der Waals surface area contributed by atoms with Gasteiger partial charge in [0.15, 0.2) is 0 Å². The van der Waals surface area contributed by atoms with Crippen molar-refractivity contribution in [1.29, 1.82) is 0 Å². The maximum atomic E-state index is 12.1. The van der Waals surface area contributed by atoms with E-state index in [2.05, 4.69) is 4.72 Å². The van der Waals surface area contributed by atoms with E-state index in [9.17, 15) is 18.0 Å². The Morgan fingerprint density at radius 2 is 2.05 bits per heavy atom. The normalized spacial score (nSPS) is 13.0. The highest BCUT2D eigenvalue weighted by atomic mass is 35.5. The molecule has 7 nitrogen and oxygen atoms in total. The summed E-state index contributed by atoms with van der Waals surface area (Å²) in [7, 11) is -4.00. The van der Waals surface area contributed by atoms with Crippen LogP contribution in [0.1, 0.15) is 24.8 Å². The number of carboxylic acid groups (broad SMARTS) is 2. The number of carbonyl (C=O) groups is 2. The second-order valence-corrected chi connectivity index (χ2v) is 7.92. The summed E-state index contributed by atoms with van der Waals surface area (Å²) in [6.07, 6.45) is -0.284. The number of carboxylic acids is 2. The Morgan fingerprint density at radius 3 is 2.48 bits per heavy atom. The average molecular weight is 356 g/mol. The summed E-state index contributed by atoms with van der Waals surface area (Å²) in [5.74, 6) is -2.43. The summed E-state index contributed by atoms with van der Waals surface area (Å²) in [6, 6.07) is -0.0265. The third-order valence-corrected chi connectivity index (χ3v) is 6.08. The maximum Gasteiger partial charge on any atom is 0.321 e. The lowest BCUT2D eigenvalue weighted by molar-refractivity contribution is -0.140. The fourth-order valence-corrected chi connectivity index (χ4v) is 4.45. The quantitative estimate of drug-likeness (QED) is 0.652. The topological polar surface area (TPSA) is 121 Å². The smallest absolute Gasteiger partial charge is 0.321 e. The average Bonchev–Trinajstić information content (AvgIpc) is 2.68. The number of hydrogen-bond acceptors (Lipinski definition) is 5. The van der Waals surface area contributed by atoms with Gasteiger partial charge in [0, 0.05) is 6.42 Å². The molecule has 0 bridgehead atoms. The molecule has 0 radical (unpaired) electrons. The van der Waals surface area contributed by atoms with E-state index in [1.807, 2.05) is 0 Å². The van der Waals surface area contributed by atoms with Crippen molar-refractivity contribution in [3.05, 3.63) is 16.0 Å². The van der Waals surface area contributed by atoms with Crippen LogP contribution >= 0.6 is 22.9 Å². The largest absolute Gasteiger partial charge is 0.481 e. The highest BCUT2D eigenvalue weighted by Gasteiger charge is 2.27. The molecule has 0 saturated carbocycles. The van der Waals surface area contributed by atoms with E-state index in [0.29, 0.717) is 9.90 Å². The summed E-state index contributed by atoms with van der Waals surface area (Å²) in [5, 5.41) is 17.5. The van der Waals surface area contributed by atoms with Gasteiger partial charge in [-0.25, -0.2) is 8.42 Å². The zero-order chi connectivity index (χ0) is 16.2. The van der Waals surface area contributed by atoms with Crippen molar-refractivity contribution in [2.75, 3.05) is 0 Å². The number of halogens is 1. The van der Waals surface area contributed by atoms with Gasteiger partial charge in [0.25, 0.3) is 10.0 Å². The highest BCUT2D eigenvalue weighted by Crippen LogP contribution is 2.30. The molecule has 0 aliphatic rings. The minimum Gasteiger partial charge on any atom is -0.481 e. The second-order valence-electron chi connectivity index (χ2n) is 4.32. The predicted octanol–water partition coefficient (Wildman–Crippen LogP) is 1.70. The van der Waals surface area contributed by atoms with Gasteiger partial charge >= 0.3 is 11.9 Å². The minimum absolute atomic E-state index is 0.0546. The Balaban J connectivity index is 2.82. The van der Waals surface area contributed by atoms with Crippen molar-refractivity contribution in [3.8, 4) is 0 Å². The molecule has 118 valence electrons. The first-order valence-corrected chi connectivity index (χ1v) is 8.54. The van der Waals surface area contributed by atoms with Gasteiger partial charge in [-0.2, -0.15) is 4.72 Å². The zero-order valence-electron chi connectivity index (χ0n) is 11.0. The van der Waals surface area contributed by atoms with E-state index in [4.69, 9.17) is 21.8 Å². The highest BCUT2D eigenvalue weighted by molar-refractivity contribution is 7.91. The molecule has 0 aliphatic heterocycles. The van der Waals surface area contributed by atoms with Crippen molar-refractivity contribution in [2.45, 2.75) is 36.4 Å². The second kappa shape index (κ2) is 7.21. The fourth-order valence-electron chi connectivity index (χ4n) is 1.50. The molecule has 0 saturated heterocycles. The molecule has 10 heteroatoms. The number of thiophene rings is 1. The number of aliphatic carboxylic acids is 2. The van der Waals surface area contributed by atoms with Crippen molar-refractivity contribution in [2.24, 2.45) is 0 Å². The Hall–Kier alpha value is -1.16. The molecule has 0 unspecified atom stereocenters. The van der Waals surface area contributed by atoms with E-state index < -0.39 is 28.0 Å². The predicted molar refractivity (Wildman–Crippen MR) is 77.3 cm³/mol. The summed E-state index contributed by atoms with van der Waals surface area (Å²) >= 11 is 6.63. The van der Waals surface area contributed by atoms with Crippen LogP contribution in [0.5, 0.6) is 0 Å². The van der Waals surface area contributed by atoms with Crippen molar-refractivity contribution in [1.82, 2.24) is 4.72 Å². The van der Waals surface area contributed by atoms with Gasteiger partial charge in [0.05, 0.1) is 4.34 Å². The standard InChI is InChI=1S/C11H14ClNO6S2/c1-6-5-9(20-10(6)12)21(18,19)13-7(11(16)17)3-2-4-8(14)15/h5,7,13H,2-4H2,1H3,(H,14,15)(H,16,17)/t7-/m1/s1. The van der Waals surface area contributed by atoms with E-state index in [-0.39, 0.29) is 23.5 Å². The van der Waals surface area contributed by atoms with Crippen LogP contribution in [0.25, 0.3) is 0 Å². The first-order chi connectivity index (χ1) is 9.63. The van der Waals surface area contributed by atoms with Gasteiger partial charge in [-0.05, 0) is 31.4 Å². The molecule has 1 aromatic rings. The Morgan fingerprint density at radius 1 is 1.43 bits per heavy atom. The molecule has 0 fully saturated rings. The van der Waals surface area contributed by atoms with E-state index in [1.54, 1.807) is 6.92 Å². The lowest BCUT2D eigenvalue weighted by atomic mass is 10.1. The summed E-state index contributed by atoms with van der Waals surface area (Å²) in [4.78, 5) is 21.5. The monoisotopic (exact) mass is 355 g/mol. The SMILES string of the molecule is Cc1cc(S(=O)(=O)N[C@H](CCCC(=O)O)C(=O)O)sc1Cl. The molecule has 0 aliphatic carbocycles. The third kappa shape index (κ3) is 5.27. The van der Waals surface area contributed by atoms with Crippen molar-refractivity contribution < 1.29 is 28.2 Å². The van der Waals surface area contributed by atoms with Crippen LogP contribution in [0.2, 0.25) is 4.34 Å². The number of hydrogen-bond donors (Lipinski definition) is 3. The molecular formula is C11H14ClNO6S2. The van der Waals surface area contributed by atoms with E-state index in [1.165, 1.54) is 6.07 Å². The Bertz CT molecular complexity index is 620. The van der Waals surface area contributed by atoms with Gasteiger partial charge < -0.3 is 10.2 Å². The number of rotatable bonds is 8. The van der Waals surface area contributed by atoms with Crippen LogP contribution in [0.15, 0.2) is 10.3 Å². The van der Waals surface area contributed by atoms with Crippen LogP contribution < -0.4 is 4.72 Å². The Kier molecular flexibility index (Phi) is 6.14. The third-order valence-electron chi connectivity index (χ3n) is 2.58. The first-order valence-electron chi connectivity index (χ1n) is 5.86. The number of aryl methyl sites for hydroxylation is 1. The summed E-state index contributed by atoms with van der Waals surface area (Å²) in [5.41, 5.74) is 0.583. The van der Waals surface area contributed by atoms with Gasteiger partial charge in [0.1, 0.15) is 10.3 Å². The zero-order valence-corrected chi connectivity index (χ0v) is 13.4. The molecule has 0 spiro atoms. The van der Waals surface area contributed by atoms with Gasteiger partial charge in [0.2, 0.25) is 0 Å². The maximum absolute atomic E-state index is 12.1. The molecule has 0 aromatic carbocycles. The van der Waals surface area contributed by atoms with Gasteiger partial charge in [-0.1, -0.05) is 11.6 Å². The molecule has 21 heavy (non-hydrogen) atoms. The lowest BCUT2D eigenvalue weighted by Crippen LogP contribution is -2.40. The fraction of sp³-hybridized carbons (Fsp3) is 0.455. The molecule has 1 atom stereocenters. The number of sulfonamides is 1. The van der Waals surface area contributed by atoms with Gasteiger partial charge in [-0.15, -0.1) is 11.3 Å². The van der Waals surface area contributed by atoms with E-state index in [0.717, 1.165) is 11.3 Å². The molecule has 1 aromatic heterocycles. The van der Waals surface area contributed by atoms with Crippen LogP contribution in [-0.4, -0.2) is 36.6 Å². The summed E-state index contributed by atoms with van der Waals surface area (Å²) < 4.78 is 26.4. The van der Waals surface area contributed by atoms with E-state index >= 15 is 0 Å². The van der Waals surface area contributed by atoms with Crippen LogP contribution in [0, 0.1) is 6.92 Å². The summed E-state index contributed by atoms with van der Waals surface area (Å²) in [6.45, 7) is 1.64. The van der Waals surface area contributed by atoms with Crippen LogP contribution in [-0.2, 0) is 19.6 Å². The van der Waals surface area contributed by atoms with Crippen molar-refractivity contribution >= 4 is 44.9 Å². The van der Waals surface area contributed by atoms with Crippen LogP contribution in [0.4, 0.5) is 0 Å². The molecular weight excluding hydrogens is 342 g/mol. The number of nitrogens with one attached hydrogen (secondary N) is 1. The van der Waals surface area contributed by atoms with Gasteiger partial charge in [-0.3, -0.25) is 9.59 Å². The molecule has 3 N–H and O–H groups in total. The Labute approximate surface area is 130 Å².